The lowest BCUT2D eigenvalue weighted by Crippen LogP contribution is -2.12. The van der Waals surface area contributed by atoms with Gasteiger partial charge in [-0.2, -0.15) is 0 Å². The van der Waals surface area contributed by atoms with Crippen molar-refractivity contribution in [3.05, 3.63) is 53.1 Å². The average molecular weight is 236 g/mol. The van der Waals surface area contributed by atoms with Crippen molar-refractivity contribution in [2.45, 2.75) is 13.1 Å². The summed E-state index contributed by atoms with van der Waals surface area (Å²) in [6.45, 7) is 1.67. The Bertz CT molecular complexity index is 448. The molecule has 0 atom stereocenters. The molecule has 4 heteroatoms. The molecule has 2 heterocycles. The van der Waals surface area contributed by atoms with Crippen molar-refractivity contribution in [2.24, 2.45) is 7.05 Å². The van der Waals surface area contributed by atoms with Crippen LogP contribution in [-0.2, 0) is 20.1 Å². The van der Waals surface area contributed by atoms with Gasteiger partial charge in [0.15, 0.2) is 0 Å². The average Bonchev–Trinajstić information content (AvgIpc) is 2.67. The summed E-state index contributed by atoms with van der Waals surface area (Å²) in [5.41, 5.74) is 2.42. The van der Waals surface area contributed by atoms with Crippen LogP contribution < -0.4 is 5.32 Å². The first kappa shape index (κ1) is 11.2. The number of hydrogen-bond acceptors (Lipinski definition) is 2. The van der Waals surface area contributed by atoms with Crippen molar-refractivity contribution in [3.63, 3.8) is 0 Å². The van der Waals surface area contributed by atoms with Crippen LogP contribution in [0.3, 0.4) is 0 Å². The van der Waals surface area contributed by atoms with Crippen molar-refractivity contribution in [1.82, 2.24) is 14.9 Å². The van der Waals surface area contributed by atoms with Gasteiger partial charge in [0, 0.05) is 38.7 Å². The van der Waals surface area contributed by atoms with Crippen molar-refractivity contribution in [1.29, 1.82) is 0 Å². The number of nitrogens with zero attached hydrogens (tertiary/aromatic N) is 2. The summed E-state index contributed by atoms with van der Waals surface area (Å²) in [7, 11) is 2.02. The molecule has 2 aromatic heterocycles. The van der Waals surface area contributed by atoms with Gasteiger partial charge in [-0.25, -0.2) is 4.98 Å². The number of halogens is 1. The van der Waals surface area contributed by atoms with E-state index in [0.29, 0.717) is 5.15 Å². The molecule has 0 spiro atoms. The second-order valence-electron chi connectivity index (χ2n) is 3.78. The lowest BCUT2D eigenvalue weighted by atomic mass is 10.3. The van der Waals surface area contributed by atoms with Crippen LogP contribution in [0.25, 0.3) is 0 Å². The highest BCUT2D eigenvalue weighted by molar-refractivity contribution is 6.29. The number of hydrogen-bond donors (Lipinski definition) is 1. The molecule has 1 N–H and O–H groups in total. The first-order valence-electron chi connectivity index (χ1n) is 5.16. The van der Waals surface area contributed by atoms with Crippen molar-refractivity contribution in [2.75, 3.05) is 0 Å². The van der Waals surface area contributed by atoms with Gasteiger partial charge in [-0.05, 0) is 23.3 Å². The molecule has 0 saturated carbocycles. The molecule has 3 nitrogen and oxygen atoms in total. The Balaban J connectivity index is 1.82. The first-order valence-corrected chi connectivity index (χ1v) is 5.54. The number of nitrogens with one attached hydrogen (secondary N) is 1. The highest BCUT2D eigenvalue weighted by atomic mass is 35.5. The molecule has 0 unspecified atom stereocenters. The summed E-state index contributed by atoms with van der Waals surface area (Å²) in [5.74, 6) is 0. The molecule has 0 aliphatic carbocycles. The van der Waals surface area contributed by atoms with E-state index >= 15 is 0 Å². The second kappa shape index (κ2) is 5.14. The largest absolute Gasteiger partial charge is 0.357 e. The van der Waals surface area contributed by atoms with Gasteiger partial charge in [-0.15, -0.1) is 0 Å². The van der Waals surface area contributed by atoms with Crippen molar-refractivity contribution >= 4 is 11.6 Å². The second-order valence-corrected chi connectivity index (χ2v) is 4.17. The van der Waals surface area contributed by atoms with E-state index in [1.807, 2.05) is 23.9 Å². The van der Waals surface area contributed by atoms with Crippen LogP contribution in [0.1, 0.15) is 11.1 Å². The van der Waals surface area contributed by atoms with E-state index in [9.17, 15) is 0 Å². The number of aryl methyl sites for hydroxylation is 1. The molecule has 0 amide bonds. The highest BCUT2D eigenvalue weighted by Gasteiger charge is 1.96. The molecule has 0 radical (unpaired) electrons. The molecule has 0 saturated heterocycles. The molecule has 2 rings (SSSR count). The van der Waals surface area contributed by atoms with Gasteiger partial charge in [0.05, 0.1) is 0 Å². The van der Waals surface area contributed by atoms with E-state index in [1.165, 1.54) is 5.56 Å². The molecule has 0 aliphatic heterocycles. The zero-order valence-corrected chi connectivity index (χ0v) is 9.91. The van der Waals surface area contributed by atoms with Gasteiger partial charge in [-0.1, -0.05) is 17.7 Å². The SMILES string of the molecule is Cn1ccc(CNCc2ccc(Cl)nc2)c1. The monoisotopic (exact) mass is 235 g/mol. The van der Waals surface area contributed by atoms with E-state index in [2.05, 4.69) is 22.6 Å². The number of rotatable bonds is 4. The van der Waals surface area contributed by atoms with E-state index in [0.717, 1.165) is 18.7 Å². The fraction of sp³-hybridized carbons (Fsp3) is 0.250. The Hall–Kier alpha value is -1.32. The predicted molar refractivity (Wildman–Crippen MR) is 65.2 cm³/mol. The molecule has 16 heavy (non-hydrogen) atoms. The highest BCUT2D eigenvalue weighted by Crippen LogP contribution is 2.05. The molecule has 0 bridgehead atoms. The maximum Gasteiger partial charge on any atom is 0.129 e. The lowest BCUT2D eigenvalue weighted by molar-refractivity contribution is 0.690. The quantitative estimate of drug-likeness (QED) is 0.825. The zero-order valence-electron chi connectivity index (χ0n) is 9.15. The van der Waals surface area contributed by atoms with E-state index < -0.39 is 0 Å². The van der Waals surface area contributed by atoms with Gasteiger partial charge in [0.25, 0.3) is 0 Å². The summed E-state index contributed by atoms with van der Waals surface area (Å²) in [6.07, 6.45) is 5.94. The maximum absolute atomic E-state index is 5.71. The van der Waals surface area contributed by atoms with Gasteiger partial charge in [-0.3, -0.25) is 0 Å². The summed E-state index contributed by atoms with van der Waals surface area (Å²) in [4.78, 5) is 4.03. The van der Waals surface area contributed by atoms with Crippen molar-refractivity contribution in [3.8, 4) is 0 Å². The normalized spacial score (nSPS) is 10.6. The zero-order chi connectivity index (χ0) is 11.4. The minimum Gasteiger partial charge on any atom is -0.357 e. The minimum absolute atomic E-state index is 0.534. The third kappa shape index (κ3) is 3.08. The van der Waals surface area contributed by atoms with Crippen LogP contribution in [0.2, 0.25) is 5.15 Å². The third-order valence-electron chi connectivity index (χ3n) is 2.34. The van der Waals surface area contributed by atoms with E-state index in [1.54, 1.807) is 12.3 Å². The Labute approximate surface area is 100 Å². The number of aromatic nitrogens is 2. The standard InChI is InChI=1S/C12H14ClN3/c1-16-5-4-11(9-16)7-14-6-10-2-3-12(13)15-8-10/h2-5,8-9,14H,6-7H2,1H3. The van der Waals surface area contributed by atoms with E-state index in [-0.39, 0.29) is 0 Å². The summed E-state index contributed by atoms with van der Waals surface area (Å²) < 4.78 is 2.04. The van der Waals surface area contributed by atoms with Gasteiger partial charge in [0.2, 0.25) is 0 Å². The first-order chi connectivity index (χ1) is 7.74. The molecule has 0 aliphatic rings. The number of pyridine rings is 1. The van der Waals surface area contributed by atoms with Crippen LogP contribution in [-0.4, -0.2) is 9.55 Å². The van der Waals surface area contributed by atoms with Crippen LogP contribution in [0.15, 0.2) is 36.8 Å². The molecule has 2 aromatic rings. The lowest BCUT2D eigenvalue weighted by Gasteiger charge is -2.03. The Morgan fingerprint density at radius 2 is 2.06 bits per heavy atom. The van der Waals surface area contributed by atoms with Crippen molar-refractivity contribution < 1.29 is 0 Å². The topological polar surface area (TPSA) is 29.9 Å². The fourth-order valence-corrected chi connectivity index (χ4v) is 1.64. The summed E-state index contributed by atoms with van der Waals surface area (Å²) in [5, 5.41) is 3.89. The van der Waals surface area contributed by atoms with Gasteiger partial charge < -0.3 is 9.88 Å². The molecule has 0 fully saturated rings. The van der Waals surface area contributed by atoms with Crippen LogP contribution in [0.4, 0.5) is 0 Å². The summed E-state index contributed by atoms with van der Waals surface area (Å²) >= 11 is 5.71. The maximum atomic E-state index is 5.71. The van der Waals surface area contributed by atoms with Crippen LogP contribution >= 0.6 is 11.6 Å². The van der Waals surface area contributed by atoms with Crippen LogP contribution in [0, 0.1) is 0 Å². The van der Waals surface area contributed by atoms with Gasteiger partial charge in [0.1, 0.15) is 5.15 Å². The molecular formula is C12H14ClN3. The summed E-state index contributed by atoms with van der Waals surface area (Å²) in [6, 6.07) is 5.89. The molecule has 84 valence electrons. The van der Waals surface area contributed by atoms with E-state index in [4.69, 9.17) is 11.6 Å². The smallest absolute Gasteiger partial charge is 0.129 e. The fourth-order valence-electron chi connectivity index (χ4n) is 1.53. The molecular weight excluding hydrogens is 222 g/mol. The van der Waals surface area contributed by atoms with Crippen LogP contribution in [0.5, 0.6) is 0 Å². The predicted octanol–water partition coefficient (Wildman–Crippen LogP) is 2.36. The van der Waals surface area contributed by atoms with Gasteiger partial charge >= 0.3 is 0 Å². The Morgan fingerprint density at radius 3 is 2.69 bits per heavy atom. The molecule has 0 aromatic carbocycles. The third-order valence-corrected chi connectivity index (χ3v) is 2.56. The Morgan fingerprint density at radius 1 is 1.25 bits per heavy atom. The Kier molecular flexibility index (Phi) is 3.59. The minimum atomic E-state index is 0.534.